The lowest BCUT2D eigenvalue weighted by atomic mass is 9.94. The third-order valence-electron chi connectivity index (χ3n) is 4.17. The van der Waals surface area contributed by atoms with Gasteiger partial charge in [0.25, 0.3) is 0 Å². The first-order chi connectivity index (χ1) is 13.3. The van der Waals surface area contributed by atoms with Crippen molar-refractivity contribution >= 4 is 42.0 Å². The molecule has 0 aromatic carbocycles. The molecule has 0 aromatic rings. The average molecular weight is 539 g/mol. The molecular formula is C12H27ClO13P4. The number of hydrogen-bond acceptors (Lipinski definition) is 5. The van der Waals surface area contributed by atoms with E-state index in [1.54, 1.807) is 0 Å². The van der Waals surface area contributed by atoms with E-state index in [1.165, 1.54) is 6.08 Å². The van der Waals surface area contributed by atoms with Gasteiger partial charge in [-0.25, -0.2) is 0 Å². The predicted octanol–water partition coefficient (Wildman–Crippen LogP) is 1.34. The largest absolute Gasteiger partial charge is 0.376 e. The van der Waals surface area contributed by atoms with Crippen LogP contribution >= 0.6 is 42.0 Å². The minimum Gasteiger partial charge on any atom is -0.376 e. The number of halogens is 1. The van der Waals surface area contributed by atoms with Crippen molar-refractivity contribution in [1.82, 2.24) is 0 Å². The molecule has 1 unspecified atom stereocenters. The van der Waals surface area contributed by atoms with Crippen LogP contribution in [0.3, 0.4) is 0 Å². The summed E-state index contributed by atoms with van der Waals surface area (Å²) in [6, 6.07) is 0. The Morgan fingerprint density at radius 1 is 0.733 bits per heavy atom. The highest BCUT2D eigenvalue weighted by molar-refractivity contribution is 7.71. The second-order valence-electron chi connectivity index (χ2n) is 6.57. The number of hydrogen-bond donors (Lipinski definition) is 8. The van der Waals surface area contributed by atoms with Crippen molar-refractivity contribution in [3.8, 4) is 0 Å². The summed E-state index contributed by atoms with van der Waals surface area (Å²) in [5, 5.41) is -5.58. The maximum atomic E-state index is 11.4. The maximum Gasteiger partial charge on any atom is 0.340 e. The van der Waals surface area contributed by atoms with Crippen LogP contribution in [0.2, 0.25) is 0 Å². The standard InChI is InChI=1S/C12H27ClO13P4/c1-2-7-26-8-10(13)9(3-5-11(27(14,15)16)28(17,18)19)4-6-12(29(20,21)22)30(23,24)25/h2,9-12H,1,3-8H2,(H2,14,15,16)(H2,17,18,19)(H2,20,21,22)(H2,23,24,25). The molecule has 0 fully saturated rings. The summed E-state index contributed by atoms with van der Waals surface area (Å²) < 4.78 is 50.9. The molecule has 0 saturated heterocycles. The van der Waals surface area contributed by atoms with Crippen LogP contribution < -0.4 is 0 Å². The molecule has 180 valence electrons. The van der Waals surface area contributed by atoms with Crippen LogP contribution in [0.1, 0.15) is 25.7 Å². The molecule has 0 rings (SSSR count). The Kier molecular flexibility index (Phi) is 12.4. The molecule has 0 aliphatic heterocycles. The average Bonchev–Trinajstić information content (AvgIpc) is 2.48. The molecule has 0 aliphatic carbocycles. The first kappa shape index (κ1) is 30.6. The van der Waals surface area contributed by atoms with Gasteiger partial charge in [0.1, 0.15) is 0 Å². The van der Waals surface area contributed by atoms with Gasteiger partial charge in [-0.05, 0) is 31.6 Å². The van der Waals surface area contributed by atoms with Crippen molar-refractivity contribution in [2.45, 2.75) is 41.9 Å². The first-order valence-corrected chi connectivity index (χ1v) is 15.5. The molecule has 0 radical (unpaired) electrons. The van der Waals surface area contributed by atoms with Gasteiger partial charge in [-0.3, -0.25) is 18.3 Å². The van der Waals surface area contributed by atoms with E-state index < -0.39 is 65.3 Å². The van der Waals surface area contributed by atoms with Gasteiger partial charge in [0.2, 0.25) is 0 Å². The van der Waals surface area contributed by atoms with Crippen molar-refractivity contribution < 1.29 is 62.1 Å². The number of alkyl halides is 1. The second kappa shape index (κ2) is 12.2. The fourth-order valence-electron chi connectivity index (χ4n) is 2.70. The van der Waals surface area contributed by atoms with E-state index in [4.69, 9.17) is 16.3 Å². The molecule has 0 saturated carbocycles. The Morgan fingerprint density at radius 2 is 1.07 bits per heavy atom. The first-order valence-electron chi connectivity index (χ1n) is 8.35. The van der Waals surface area contributed by atoms with E-state index >= 15 is 0 Å². The highest BCUT2D eigenvalue weighted by atomic mass is 35.5. The predicted molar refractivity (Wildman–Crippen MR) is 108 cm³/mol. The van der Waals surface area contributed by atoms with Crippen LogP contribution in [0.5, 0.6) is 0 Å². The third-order valence-corrected chi connectivity index (χ3v) is 12.4. The molecule has 13 nitrogen and oxygen atoms in total. The molecule has 0 spiro atoms. The molecule has 18 heteroatoms. The molecule has 0 amide bonds. The van der Waals surface area contributed by atoms with Gasteiger partial charge >= 0.3 is 30.4 Å². The Labute approximate surface area is 178 Å². The van der Waals surface area contributed by atoms with Crippen molar-refractivity contribution in [1.29, 1.82) is 0 Å². The summed E-state index contributed by atoms with van der Waals surface area (Å²) in [7, 11) is -20.8. The van der Waals surface area contributed by atoms with Crippen molar-refractivity contribution in [3.05, 3.63) is 12.7 Å². The zero-order chi connectivity index (χ0) is 24.0. The SMILES string of the molecule is C=CCOCC(Cl)C(CCC(P(=O)(O)O)P(=O)(O)O)CCC(P(=O)(O)O)P(=O)(O)O. The minimum atomic E-state index is -5.20. The summed E-state index contributed by atoms with van der Waals surface area (Å²) in [5.74, 6) is -0.891. The van der Waals surface area contributed by atoms with Crippen LogP contribution in [0.4, 0.5) is 0 Å². The lowest BCUT2D eigenvalue weighted by Gasteiger charge is -2.27. The quantitative estimate of drug-likeness (QED) is 0.0636. The van der Waals surface area contributed by atoms with Crippen molar-refractivity contribution in [3.63, 3.8) is 0 Å². The number of rotatable bonds is 15. The van der Waals surface area contributed by atoms with E-state index in [0.717, 1.165) is 0 Å². The molecule has 0 bridgehead atoms. The van der Waals surface area contributed by atoms with Gasteiger partial charge < -0.3 is 43.9 Å². The zero-order valence-electron chi connectivity index (χ0n) is 15.6. The maximum absolute atomic E-state index is 11.4. The van der Waals surface area contributed by atoms with Crippen LogP contribution in [-0.4, -0.2) is 68.5 Å². The fourth-order valence-corrected chi connectivity index (χ4v) is 8.11. The smallest absolute Gasteiger partial charge is 0.340 e. The summed E-state index contributed by atoms with van der Waals surface area (Å²) in [6.07, 6.45) is -0.627. The van der Waals surface area contributed by atoms with Gasteiger partial charge in [-0.15, -0.1) is 18.2 Å². The molecule has 0 aliphatic rings. The molecule has 1 atom stereocenters. The molecule has 30 heavy (non-hydrogen) atoms. The summed E-state index contributed by atoms with van der Waals surface area (Å²) in [5.41, 5.74) is 0. The van der Waals surface area contributed by atoms with Crippen LogP contribution in [0.15, 0.2) is 12.7 Å². The third kappa shape index (κ3) is 11.5. The summed E-state index contributed by atoms with van der Waals surface area (Å²) >= 11 is 6.17. The fraction of sp³-hybridized carbons (Fsp3) is 0.833. The monoisotopic (exact) mass is 538 g/mol. The second-order valence-corrected chi connectivity index (χ2v) is 15.2. The van der Waals surface area contributed by atoms with E-state index in [2.05, 4.69) is 6.58 Å². The molecular weight excluding hydrogens is 511 g/mol. The van der Waals surface area contributed by atoms with Crippen LogP contribution in [-0.2, 0) is 23.0 Å². The van der Waals surface area contributed by atoms with Gasteiger partial charge in [-0.2, -0.15) is 0 Å². The van der Waals surface area contributed by atoms with Gasteiger partial charge in [0, 0.05) is 0 Å². The van der Waals surface area contributed by atoms with Crippen LogP contribution in [0.25, 0.3) is 0 Å². The highest BCUT2D eigenvalue weighted by Crippen LogP contribution is 2.63. The van der Waals surface area contributed by atoms with Gasteiger partial charge in [0.05, 0.1) is 18.6 Å². The minimum absolute atomic E-state index is 0.0805. The van der Waals surface area contributed by atoms with E-state index in [-0.39, 0.29) is 26.1 Å². The highest BCUT2D eigenvalue weighted by Gasteiger charge is 2.45. The Hall–Kier alpha value is 0.590. The van der Waals surface area contributed by atoms with Gasteiger partial charge in [-0.1, -0.05) is 6.08 Å². The van der Waals surface area contributed by atoms with E-state index in [1.807, 2.05) is 0 Å². The van der Waals surface area contributed by atoms with Crippen molar-refractivity contribution in [2.24, 2.45) is 5.92 Å². The topological polar surface area (TPSA) is 239 Å². The molecule has 0 aromatic heterocycles. The van der Waals surface area contributed by atoms with Crippen molar-refractivity contribution in [2.75, 3.05) is 13.2 Å². The lowest BCUT2D eigenvalue weighted by molar-refractivity contribution is 0.144. The number of ether oxygens (including phenoxy) is 1. The normalized spacial score (nSPS) is 15.2. The molecule has 0 heterocycles. The zero-order valence-corrected chi connectivity index (χ0v) is 20.0. The lowest BCUT2D eigenvalue weighted by Crippen LogP contribution is -2.24. The Balaban J connectivity index is 5.54. The Bertz CT molecular complexity index is 640. The van der Waals surface area contributed by atoms with E-state index in [0.29, 0.717) is 0 Å². The van der Waals surface area contributed by atoms with E-state index in [9.17, 15) is 57.4 Å². The summed E-state index contributed by atoms with van der Waals surface area (Å²) in [4.78, 5) is 73.7. The van der Waals surface area contributed by atoms with Gasteiger partial charge in [0.15, 0.2) is 10.8 Å². The Morgan fingerprint density at radius 3 is 1.33 bits per heavy atom. The summed E-state index contributed by atoms with van der Waals surface area (Å²) in [6.45, 7) is 3.33. The van der Waals surface area contributed by atoms with Crippen LogP contribution in [0, 0.1) is 5.92 Å². The molecule has 8 N–H and O–H groups in total.